The molecule has 2 N–H and O–H groups in total. The smallest absolute Gasteiger partial charge is 0.276 e. The van der Waals surface area contributed by atoms with Gasteiger partial charge in [0.05, 0.1) is 5.36 Å². The number of fused-ring (bicyclic) bond motifs is 2. The molecule has 1 amide bonds. The van der Waals surface area contributed by atoms with Crippen molar-refractivity contribution in [1.82, 2.24) is 10.3 Å². The van der Waals surface area contributed by atoms with Gasteiger partial charge in [-0.3, -0.25) is 15.1 Å². The van der Waals surface area contributed by atoms with E-state index in [2.05, 4.69) is 28.2 Å². The highest BCUT2D eigenvalue weighted by Crippen LogP contribution is 2.36. The van der Waals surface area contributed by atoms with Crippen LogP contribution in [0.2, 0.25) is 0 Å². The highest BCUT2D eigenvalue weighted by molar-refractivity contribution is 9.10. The van der Waals surface area contributed by atoms with Crippen LogP contribution >= 0.6 is 27.7 Å². The molecule has 0 radical (unpaired) electrons. The Morgan fingerprint density at radius 1 is 1.29 bits per heavy atom. The van der Waals surface area contributed by atoms with Crippen molar-refractivity contribution < 1.29 is 9.90 Å². The number of halogens is 1. The molecule has 2 aromatic carbocycles. The van der Waals surface area contributed by atoms with Crippen LogP contribution in [0.1, 0.15) is 31.5 Å². The molecule has 0 aromatic heterocycles. The Morgan fingerprint density at radius 3 is 2.93 bits per heavy atom. The third-order valence-electron chi connectivity index (χ3n) is 4.51. The average molecular weight is 459 g/mol. The maximum absolute atomic E-state index is 13.0. The number of carbonyl (C=O) groups is 1. The second-order valence-corrected chi connectivity index (χ2v) is 8.42. The third-order valence-corrected chi connectivity index (χ3v) is 6.18. The van der Waals surface area contributed by atoms with Gasteiger partial charge >= 0.3 is 0 Å². The number of rotatable bonds is 4. The monoisotopic (exact) mass is 458 g/mol. The van der Waals surface area contributed by atoms with Crippen molar-refractivity contribution in [2.45, 2.75) is 25.9 Å². The predicted octanol–water partition coefficient (Wildman–Crippen LogP) is 2.83. The first-order valence-corrected chi connectivity index (χ1v) is 10.8. The van der Waals surface area contributed by atoms with Crippen molar-refractivity contribution in [2.75, 3.05) is 5.75 Å². The van der Waals surface area contributed by atoms with Gasteiger partial charge in [0.1, 0.15) is 11.4 Å². The average Bonchev–Trinajstić information content (AvgIpc) is 2.69. The van der Waals surface area contributed by atoms with E-state index in [0.29, 0.717) is 10.9 Å². The first-order chi connectivity index (χ1) is 13.6. The summed E-state index contributed by atoms with van der Waals surface area (Å²) in [6, 6.07) is 12.6. The van der Waals surface area contributed by atoms with E-state index in [4.69, 9.17) is 10.1 Å². The number of hydrogen-bond donors (Lipinski definition) is 2. The Labute approximate surface area is 175 Å². The summed E-state index contributed by atoms with van der Waals surface area (Å²) in [5.41, 5.74) is 1.20. The van der Waals surface area contributed by atoms with Crippen molar-refractivity contribution in [1.29, 1.82) is 0 Å². The Bertz CT molecular complexity index is 1090. The molecular formula is C20H19BrN4O2S. The summed E-state index contributed by atoms with van der Waals surface area (Å²) in [6.45, 7) is 2.13. The lowest BCUT2D eigenvalue weighted by Crippen LogP contribution is -2.50. The highest BCUT2D eigenvalue weighted by atomic mass is 79.9. The van der Waals surface area contributed by atoms with Gasteiger partial charge in [-0.05, 0) is 30.7 Å². The van der Waals surface area contributed by atoms with Crippen LogP contribution in [0.4, 0.5) is 0 Å². The van der Waals surface area contributed by atoms with Gasteiger partial charge < -0.3 is 5.11 Å². The zero-order chi connectivity index (χ0) is 19.7. The van der Waals surface area contributed by atoms with E-state index in [-0.39, 0.29) is 11.7 Å². The highest BCUT2D eigenvalue weighted by Gasteiger charge is 2.35. The first-order valence-electron chi connectivity index (χ1n) is 9.06. The van der Waals surface area contributed by atoms with Crippen LogP contribution in [-0.2, 0) is 4.79 Å². The number of amides is 1. The zero-order valence-corrected chi connectivity index (χ0v) is 17.6. The van der Waals surface area contributed by atoms with E-state index in [1.54, 1.807) is 23.2 Å². The standard InChI is InChI=1S/C20H19BrN4O2S/c1-2-3-10-28-20-23-19(27)17-13-6-4-5-7-16(13)22-18(25(17)24-20)14-11-12(26)8-9-15(14)21/h4-9,11,18,26H,2-3,10H2,1H3,(H,23,24,27). The number of para-hydroxylation sites is 1. The van der Waals surface area contributed by atoms with Crippen molar-refractivity contribution in [3.8, 4) is 5.75 Å². The molecule has 2 aromatic rings. The molecule has 4 rings (SSSR count). The summed E-state index contributed by atoms with van der Waals surface area (Å²) in [6.07, 6.45) is 1.57. The number of phenols is 1. The molecule has 0 spiro atoms. The predicted molar refractivity (Wildman–Crippen MR) is 114 cm³/mol. The second kappa shape index (κ2) is 7.97. The van der Waals surface area contributed by atoms with Crippen molar-refractivity contribution in [3.05, 3.63) is 63.1 Å². The molecule has 1 atom stereocenters. The number of benzene rings is 2. The minimum atomic E-state index is -0.556. The molecular weight excluding hydrogens is 440 g/mol. The summed E-state index contributed by atoms with van der Waals surface area (Å²) in [7, 11) is 0. The molecule has 0 fully saturated rings. The van der Waals surface area contributed by atoms with E-state index in [1.807, 2.05) is 24.3 Å². The number of aromatic hydroxyl groups is 1. The SMILES string of the molecule is CCCCSC1=NN2C(=c3ccccc3=NC2c2cc(O)ccc2Br)C(=O)N1. The molecule has 0 bridgehead atoms. The molecule has 6 nitrogen and oxygen atoms in total. The van der Waals surface area contributed by atoms with Gasteiger partial charge in [-0.25, -0.2) is 5.01 Å². The van der Waals surface area contributed by atoms with E-state index in [9.17, 15) is 9.90 Å². The van der Waals surface area contributed by atoms with Gasteiger partial charge in [0.15, 0.2) is 11.3 Å². The van der Waals surface area contributed by atoms with Crippen LogP contribution in [0.25, 0.3) is 5.70 Å². The van der Waals surface area contributed by atoms with Crippen LogP contribution in [0.5, 0.6) is 5.75 Å². The van der Waals surface area contributed by atoms with Gasteiger partial charge in [0, 0.05) is 21.0 Å². The molecule has 28 heavy (non-hydrogen) atoms. The van der Waals surface area contributed by atoms with E-state index < -0.39 is 6.17 Å². The molecule has 2 aliphatic rings. The van der Waals surface area contributed by atoms with Crippen LogP contribution in [0.15, 0.2) is 57.0 Å². The number of carbonyl (C=O) groups excluding carboxylic acids is 1. The topological polar surface area (TPSA) is 77.3 Å². The fourth-order valence-corrected chi connectivity index (χ4v) is 4.53. The Balaban J connectivity index is 1.87. The number of nitrogens with one attached hydrogen (secondary N) is 1. The number of nitrogens with zero attached hydrogens (tertiary/aromatic N) is 3. The molecule has 0 saturated carbocycles. The van der Waals surface area contributed by atoms with Crippen LogP contribution in [0.3, 0.4) is 0 Å². The second-order valence-electron chi connectivity index (χ2n) is 6.48. The number of hydrogen-bond acceptors (Lipinski definition) is 6. The maximum Gasteiger partial charge on any atom is 0.276 e. The normalized spacial score (nSPS) is 18.0. The number of amidine groups is 1. The molecule has 0 aliphatic carbocycles. The van der Waals surface area contributed by atoms with Crippen LogP contribution < -0.4 is 15.9 Å². The lowest BCUT2D eigenvalue weighted by Gasteiger charge is -2.34. The third kappa shape index (κ3) is 3.54. The minimum Gasteiger partial charge on any atom is -0.508 e. The number of unbranched alkanes of at least 4 members (excludes halogenated alkanes) is 1. The summed E-state index contributed by atoms with van der Waals surface area (Å²) in [5, 5.41) is 21.3. The van der Waals surface area contributed by atoms with Gasteiger partial charge in [0.25, 0.3) is 5.91 Å². The zero-order valence-electron chi connectivity index (χ0n) is 15.2. The van der Waals surface area contributed by atoms with Gasteiger partial charge in [0.2, 0.25) is 0 Å². The molecule has 144 valence electrons. The minimum absolute atomic E-state index is 0.136. The van der Waals surface area contributed by atoms with Gasteiger partial charge in [-0.2, -0.15) is 0 Å². The maximum atomic E-state index is 13.0. The summed E-state index contributed by atoms with van der Waals surface area (Å²) >= 11 is 5.07. The summed E-state index contributed by atoms with van der Waals surface area (Å²) in [4.78, 5) is 17.8. The molecule has 1 unspecified atom stereocenters. The fraction of sp³-hybridized carbons (Fsp3) is 0.250. The Hall–Kier alpha value is -2.32. The quantitative estimate of drug-likeness (QED) is 0.690. The van der Waals surface area contributed by atoms with Gasteiger partial charge in [-0.15, -0.1) is 5.10 Å². The molecule has 8 heteroatoms. The summed E-state index contributed by atoms with van der Waals surface area (Å²) < 4.78 is 0.791. The Morgan fingerprint density at radius 2 is 2.11 bits per heavy atom. The lowest BCUT2D eigenvalue weighted by molar-refractivity contribution is -0.116. The van der Waals surface area contributed by atoms with Crippen molar-refractivity contribution in [2.24, 2.45) is 10.1 Å². The number of thioether (sulfide) groups is 1. The molecule has 0 saturated heterocycles. The van der Waals surface area contributed by atoms with E-state index >= 15 is 0 Å². The first kappa shape index (κ1) is 19.0. The molecule has 2 heterocycles. The molecule has 2 aliphatic heterocycles. The number of hydrazone groups is 1. The van der Waals surface area contributed by atoms with Crippen molar-refractivity contribution >= 4 is 44.5 Å². The van der Waals surface area contributed by atoms with Crippen LogP contribution in [-0.4, -0.2) is 26.9 Å². The number of phenolic OH excluding ortho intramolecular Hbond substituents is 1. The lowest BCUT2D eigenvalue weighted by atomic mass is 10.1. The van der Waals surface area contributed by atoms with Crippen LogP contribution in [0, 0.1) is 0 Å². The Kier molecular flexibility index (Phi) is 5.41. The van der Waals surface area contributed by atoms with Crippen molar-refractivity contribution in [3.63, 3.8) is 0 Å². The van der Waals surface area contributed by atoms with Gasteiger partial charge in [-0.1, -0.05) is 59.2 Å². The van der Waals surface area contributed by atoms with E-state index in [1.165, 1.54) is 11.8 Å². The summed E-state index contributed by atoms with van der Waals surface area (Å²) in [5.74, 6) is 0.821. The fourth-order valence-electron chi connectivity index (χ4n) is 3.14. The largest absolute Gasteiger partial charge is 0.508 e. The van der Waals surface area contributed by atoms with E-state index in [0.717, 1.165) is 39.2 Å².